The molecule has 6 heteroatoms. The molecule has 0 unspecified atom stereocenters. The molecule has 22 heavy (non-hydrogen) atoms. The van der Waals surface area contributed by atoms with Gasteiger partial charge in [-0.15, -0.1) is 0 Å². The molecule has 120 valence electrons. The van der Waals surface area contributed by atoms with Crippen LogP contribution < -0.4 is 15.4 Å². The van der Waals surface area contributed by atoms with Crippen molar-refractivity contribution < 1.29 is 19.4 Å². The lowest BCUT2D eigenvalue weighted by atomic mass is 9.86. The van der Waals surface area contributed by atoms with E-state index in [1.807, 2.05) is 30.3 Å². The second-order valence-corrected chi connectivity index (χ2v) is 5.45. The highest BCUT2D eigenvalue weighted by Crippen LogP contribution is 2.24. The number of rotatable bonds is 6. The summed E-state index contributed by atoms with van der Waals surface area (Å²) < 4.78 is 5.48. The average Bonchev–Trinajstić information content (AvgIpc) is 2.53. The van der Waals surface area contributed by atoms with Gasteiger partial charge in [-0.2, -0.15) is 0 Å². The van der Waals surface area contributed by atoms with Crippen molar-refractivity contribution in [1.29, 1.82) is 0 Å². The summed E-state index contributed by atoms with van der Waals surface area (Å²) in [4.78, 5) is 22.6. The zero-order chi connectivity index (χ0) is 15.8. The molecule has 1 aliphatic carbocycles. The number of ether oxygens (including phenoxy) is 1. The Bertz CT molecular complexity index is 484. The monoisotopic (exact) mass is 306 g/mol. The van der Waals surface area contributed by atoms with E-state index in [1.54, 1.807) is 0 Å². The van der Waals surface area contributed by atoms with Crippen LogP contribution in [0.2, 0.25) is 0 Å². The van der Waals surface area contributed by atoms with Gasteiger partial charge in [0, 0.05) is 6.04 Å². The lowest BCUT2D eigenvalue weighted by molar-refractivity contribution is -0.142. The second-order valence-electron chi connectivity index (χ2n) is 5.45. The lowest BCUT2D eigenvalue weighted by Gasteiger charge is -2.26. The molecule has 1 fully saturated rings. The van der Waals surface area contributed by atoms with Crippen molar-refractivity contribution in [3.05, 3.63) is 30.3 Å². The van der Waals surface area contributed by atoms with Crippen molar-refractivity contribution in [3.8, 4) is 5.75 Å². The number of hydrogen-bond acceptors (Lipinski definition) is 3. The van der Waals surface area contributed by atoms with Gasteiger partial charge in [0.25, 0.3) is 0 Å². The molecule has 0 aliphatic heterocycles. The number of carbonyl (C=O) groups is 2. The summed E-state index contributed by atoms with van der Waals surface area (Å²) in [6, 6.07) is 9.26. The minimum absolute atomic E-state index is 0.0608. The Morgan fingerprint density at radius 2 is 1.82 bits per heavy atom. The van der Waals surface area contributed by atoms with Crippen LogP contribution in [0, 0.1) is 5.92 Å². The fourth-order valence-corrected chi connectivity index (χ4v) is 2.57. The number of carboxylic acids is 1. The third-order valence-electron chi connectivity index (χ3n) is 3.81. The van der Waals surface area contributed by atoms with Crippen molar-refractivity contribution in [2.24, 2.45) is 5.92 Å². The fourth-order valence-electron chi connectivity index (χ4n) is 2.57. The maximum Gasteiger partial charge on any atom is 0.315 e. The maximum absolute atomic E-state index is 11.7. The van der Waals surface area contributed by atoms with Crippen LogP contribution in [0.3, 0.4) is 0 Å². The number of hydrogen-bond donors (Lipinski definition) is 3. The molecule has 0 bridgehead atoms. The molecule has 1 aliphatic rings. The Labute approximate surface area is 129 Å². The lowest BCUT2D eigenvalue weighted by Crippen LogP contribution is -2.45. The molecule has 3 N–H and O–H groups in total. The Morgan fingerprint density at radius 1 is 1.14 bits per heavy atom. The summed E-state index contributed by atoms with van der Waals surface area (Å²) >= 11 is 0. The van der Waals surface area contributed by atoms with Crippen molar-refractivity contribution in [2.45, 2.75) is 31.7 Å². The van der Waals surface area contributed by atoms with Crippen LogP contribution in [-0.4, -0.2) is 36.3 Å². The molecule has 1 aromatic rings. The summed E-state index contributed by atoms with van der Waals surface area (Å²) in [6.45, 7) is 0.828. The van der Waals surface area contributed by atoms with Gasteiger partial charge < -0.3 is 20.5 Å². The Kier molecular flexibility index (Phi) is 6.06. The van der Waals surface area contributed by atoms with Crippen molar-refractivity contribution in [1.82, 2.24) is 10.6 Å². The molecular weight excluding hydrogens is 284 g/mol. The maximum atomic E-state index is 11.7. The zero-order valence-electron chi connectivity index (χ0n) is 12.5. The summed E-state index contributed by atoms with van der Waals surface area (Å²) in [7, 11) is 0. The highest BCUT2D eigenvalue weighted by Gasteiger charge is 2.26. The summed E-state index contributed by atoms with van der Waals surface area (Å²) in [5.41, 5.74) is 0. The van der Waals surface area contributed by atoms with Gasteiger partial charge in [0.05, 0.1) is 12.5 Å². The zero-order valence-corrected chi connectivity index (χ0v) is 12.5. The Morgan fingerprint density at radius 3 is 2.45 bits per heavy atom. The Hall–Kier alpha value is -2.24. The predicted molar refractivity (Wildman–Crippen MR) is 81.9 cm³/mol. The minimum atomic E-state index is -0.735. The molecule has 0 heterocycles. The first-order valence-corrected chi connectivity index (χ1v) is 7.60. The third-order valence-corrected chi connectivity index (χ3v) is 3.81. The first kappa shape index (κ1) is 16.1. The third kappa shape index (κ3) is 5.27. The van der Waals surface area contributed by atoms with E-state index in [9.17, 15) is 9.59 Å². The number of para-hydroxylation sites is 1. The van der Waals surface area contributed by atoms with E-state index in [2.05, 4.69) is 10.6 Å². The van der Waals surface area contributed by atoms with Gasteiger partial charge in [0.2, 0.25) is 0 Å². The van der Waals surface area contributed by atoms with Crippen LogP contribution in [-0.2, 0) is 4.79 Å². The minimum Gasteiger partial charge on any atom is -0.492 e. The Balaban J connectivity index is 1.57. The largest absolute Gasteiger partial charge is 0.492 e. The van der Waals surface area contributed by atoms with E-state index in [0.29, 0.717) is 38.8 Å². The predicted octanol–water partition coefficient (Wildman–Crippen LogP) is 2.01. The molecule has 0 radical (unpaired) electrons. The molecule has 0 saturated heterocycles. The normalized spacial score (nSPS) is 20.9. The van der Waals surface area contributed by atoms with Gasteiger partial charge in [-0.3, -0.25) is 4.79 Å². The molecule has 6 nitrogen and oxygen atoms in total. The highest BCUT2D eigenvalue weighted by atomic mass is 16.5. The molecule has 0 atom stereocenters. The van der Waals surface area contributed by atoms with Crippen LogP contribution in [0.5, 0.6) is 5.75 Å². The smallest absolute Gasteiger partial charge is 0.315 e. The van der Waals surface area contributed by atoms with E-state index in [0.717, 1.165) is 5.75 Å². The number of nitrogens with one attached hydrogen (secondary N) is 2. The van der Waals surface area contributed by atoms with Gasteiger partial charge in [-0.25, -0.2) is 4.79 Å². The van der Waals surface area contributed by atoms with Crippen LogP contribution in [0.1, 0.15) is 25.7 Å². The van der Waals surface area contributed by atoms with Crippen molar-refractivity contribution in [3.63, 3.8) is 0 Å². The van der Waals surface area contributed by atoms with Gasteiger partial charge in [0.1, 0.15) is 12.4 Å². The number of aliphatic carboxylic acids is 1. The molecule has 0 aromatic heterocycles. The molecular formula is C16H22N2O4. The molecule has 1 saturated carbocycles. The molecule has 0 spiro atoms. The second kappa shape index (κ2) is 8.26. The van der Waals surface area contributed by atoms with Gasteiger partial charge in [-0.05, 0) is 37.8 Å². The topological polar surface area (TPSA) is 87.7 Å². The number of carbonyl (C=O) groups excluding carboxylic acids is 1. The standard InChI is InChI=1S/C16H22N2O4/c19-15(20)12-6-8-13(9-7-12)18-16(21)17-10-11-22-14-4-2-1-3-5-14/h1-5,12-13H,6-11H2,(H,19,20)(H2,17,18,21). The van der Waals surface area contributed by atoms with E-state index in [1.165, 1.54) is 0 Å². The fraction of sp³-hybridized carbons (Fsp3) is 0.500. The van der Waals surface area contributed by atoms with E-state index >= 15 is 0 Å². The number of amides is 2. The summed E-state index contributed by atoms with van der Waals surface area (Å²) in [5, 5.41) is 14.6. The van der Waals surface area contributed by atoms with Crippen molar-refractivity contribution >= 4 is 12.0 Å². The van der Waals surface area contributed by atoms with E-state index in [4.69, 9.17) is 9.84 Å². The molecule has 2 amide bonds. The van der Waals surface area contributed by atoms with Gasteiger partial charge in [-0.1, -0.05) is 18.2 Å². The van der Waals surface area contributed by atoms with Crippen molar-refractivity contribution in [2.75, 3.05) is 13.2 Å². The van der Waals surface area contributed by atoms with Gasteiger partial charge >= 0.3 is 12.0 Å². The highest BCUT2D eigenvalue weighted by molar-refractivity contribution is 5.74. The first-order valence-electron chi connectivity index (χ1n) is 7.60. The SMILES string of the molecule is O=C(NCCOc1ccccc1)NC1CCC(C(=O)O)CC1. The number of benzene rings is 1. The van der Waals surface area contributed by atoms with E-state index < -0.39 is 5.97 Å². The van der Waals surface area contributed by atoms with Gasteiger partial charge in [0.15, 0.2) is 0 Å². The summed E-state index contributed by atoms with van der Waals surface area (Å²) in [6.07, 6.45) is 2.67. The van der Waals surface area contributed by atoms with Crippen LogP contribution in [0.25, 0.3) is 0 Å². The van der Waals surface area contributed by atoms with Crippen LogP contribution in [0.4, 0.5) is 4.79 Å². The quantitative estimate of drug-likeness (QED) is 0.702. The average molecular weight is 306 g/mol. The van der Waals surface area contributed by atoms with E-state index in [-0.39, 0.29) is 18.0 Å². The summed E-state index contributed by atoms with van der Waals surface area (Å²) in [5.74, 6) is -0.224. The molecule has 1 aromatic carbocycles. The molecule has 2 rings (SSSR count). The number of carboxylic acid groups (broad SMARTS) is 1. The first-order chi connectivity index (χ1) is 10.6. The number of urea groups is 1. The van der Waals surface area contributed by atoms with Crippen LogP contribution >= 0.6 is 0 Å². The van der Waals surface area contributed by atoms with Crippen LogP contribution in [0.15, 0.2) is 30.3 Å².